The van der Waals surface area contributed by atoms with Crippen LogP contribution in [0.1, 0.15) is 16.1 Å². The van der Waals surface area contributed by atoms with Gasteiger partial charge < -0.3 is 19.8 Å². The average Bonchev–Trinajstić information content (AvgIpc) is 3.55. The van der Waals surface area contributed by atoms with Gasteiger partial charge in [0.15, 0.2) is 5.65 Å². The third-order valence-electron chi connectivity index (χ3n) is 5.93. The number of carbonyl (C=O) groups excluding carboxylic acids is 1. The maximum absolute atomic E-state index is 12.5. The Morgan fingerprint density at radius 3 is 2.71 bits per heavy atom. The van der Waals surface area contributed by atoms with Crippen LogP contribution in [0.2, 0.25) is 0 Å². The second-order valence-corrected chi connectivity index (χ2v) is 8.17. The molecule has 9 heteroatoms. The summed E-state index contributed by atoms with van der Waals surface area (Å²) in [4.78, 5) is 19.4. The first-order chi connectivity index (χ1) is 16.8. The molecule has 0 unspecified atom stereocenters. The van der Waals surface area contributed by atoms with Gasteiger partial charge in [-0.05, 0) is 35.9 Å². The molecule has 0 atom stereocenters. The lowest BCUT2D eigenvalue weighted by atomic mass is 10.1. The minimum Gasteiger partial charge on any atom is -0.469 e. The molecule has 4 aromatic rings. The van der Waals surface area contributed by atoms with Gasteiger partial charge in [-0.15, -0.1) is 0 Å². The van der Waals surface area contributed by atoms with Crippen molar-refractivity contribution >= 4 is 17.4 Å². The Morgan fingerprint density at radius 2 is 1.91 bits per heavy atom. The van der Waals surface area contributed by atoms with Crippen LogP contribution in [0.3, 0.4) is 0 Å². The fourth-order valence-electron chi connectivity index (χ4n) is 4.05. The average molecular weight is 461 g/mol. The summed E-state index contributed by atoms with van der Waals surface area (Å²) in [6.07, 6.45) is 6.03. The number of nitrogens with zero attached hydrogens (tertiary/aromatic N) is 4. The summed E-state index contributed by atoms with van der Waals surface area (Å²) in [6.45, 7) is 5.52. The number of hydrogen-bond acceptors (Lipinski definition) is 7. The molecule has 34 heavy (non-hydrogen) atoms. The van der Waals surface area contributed by atoms with Crippen molar-refractivity contribution < 1.29 is 13.9 Å². The molecule has 0 saturated carbocycles. The number of anilines is 1. The summed E-state index contributed by atoms with van der Waals surface area (Å²) in [5.41, 5.74) is 3.26. The third-order valence-corrected chi connectivity index (χ3v) is 5.93. The highest BCUT2D eigenvalue weighted by molar-refractivity contribution is 5.95. The van der Waals surface area contributed by atoms with Crippen LogP contribution in [-0.2, 0) is 11.2 Å². The Bertz CT molecular complexity index is 1210. The molecule has 1 amide bonds. The SMILES string of the molecule is O=C(NCCN1CCOCC1)c1ccc(-c2cnn3c(NCCc4ccco4)ccnc23)cc1. The zero-order valence-electron chi connectivity index (χ0n) is 18.9. The molecule has 0 spiro atoms. The Balaban J connectivity index is 1.21. The summed E-state index contributed by atoms with van der Waals surface area (Å²) in [5.74, 6) is 1.73. The monoisotopic (exact) mass is 460 g/mol. The molecule has 0 radical (unpaired) electrons. The molecule has 0 aliphatic carbocycles. The zero-order chi connectivity index (χ0) is 23.2. The summed E-state index contributed by atoms with van der Waals surface area (Å²) in [5, 5.41) is 10.9. The van der Waals surface area contributed by atoms with E-state index < -0.39 is 0 Å². The molecule has 0 bridgehead atoms. The fourth-order valence-corrected chi connectivity index (χ4v) is 4.05. The van der Waals surface area contributed by atoms with E-state index in [1.807, 2.05) is 42.5 Å². The third kappa shape index (κ3) is 5.11. The van der Waals surface area contributed by atoms with Crippen LogP contribution in [0.4, 0.5) is 5.82 Å². The first kappa shape index (κ1) is 22.1. The van der Waals surface area contributed by atoms with Crippen LogP contribution in [0, 0.1) is 0 Å². The van der Waals surface area contributed by atoms with E-state index in [1.54, 1.807) is 23.2 Å². The van der Waals surface area contributed by atoms with Gasteiger partial charge in [0.05, 0.1) is 25.7 Å². The number of furan rings is 1. The normalized spacial score (nSPS) is 14.4. The van der Waals surface area contributed by atoms with Gasteiger partial charge in [0.25, 0.3) is 5.91 Å². The highest BCUT2D eigenvalue weighted by Crippen LogP contribution is 2.25. The van der Waals surface area contributed by atoms with Gasteiger partial charge in [-0.2, -0.15) is 9.61 Å². The summed E-state index contributed by atoms with van der Waals surface area (Å²) < 4.78 is 12.5. The Kier molecular flexibility index (Phi) is 6.83. The van der Waals surface area contributed by atoms with Crippen LogP contribution in [0.25, 0.3) is 16.8 Å². The van der Waals surface area contributed by atoms with Crippen molar-refractivity contribution in [3.8, 4) is 11.1 Å². The highest BCUT2D eigenvalue weighted by Gasteiger charge is 2.13. The molecule has 1 fully saturated rings. The molecular weight excluding hydrogens is 432 g/mol. The number of nitrogens with one attached hydrogen (secondary N) is 2. The standard InChI is InChI=1S/C25H28N6O3/c32-25(28-11-12-30-13-16-33-17-14-30)20-5-3-19(4-6-20)22-18-29-31-23(8-10-27-24(22)31)26-9-7-21-2-1-15-34-21/h1-6,8,10,15,18,26H,7,9,11-14,16-17H2,(H,28,32). The van der Waals surface area contributed by atoms with Crippen LogP contribution in [0.15, 0.2) is 65.5 Å². The van der Waals surface area contributed by atoms with Crippen molar-refractivity contribution in [2.45, 2.75) is 6.42 Å². The van der Waals surface area contributed by atoms with Gasteiger partial charge in [0.2, 0.25) is 0 Å². The van der Waals surface area contributed by atoms with Gasteiger partial charge in [0.1, 0.15) is 11.6 Å². The van der Waals surface area contributed by atoms with E-state index in [4.69, 9.17) is 9.15 Å². The number of ether oxygens (including phenoxy) is 1. The van der Waals surface area contributed by atoms with Crippen molar-refractivity contribution in [2.24, 2.45) is 0 Å². The molecule has 1 aromatic carbocycles. The smallest absolute Gasteiger partial charge is 0.251 e. The van der Waals surface area contributed by atoms with Gasteiger partial charge >= 0.3 is 0 Å². The Morgan fingerprint density at radius 1 is 1.06 bits per heavy atom. The van der Waals surface area contributed by atoms with Crippen molar-refractivity contribution in [1.82, 2.24) is 24.8 Å². The van der Waals surface area contributed by atoms with Crippen LogP contribution < -0.4 is 10.6 Å². The van der Waals surface area contributed by atoms with Gasteiger partial charge in [-0.3, -0.25) is 9.69 Å². The van der Waals surface area contributed by atoms with Crippen molar-refractivity contribution in [2.75, 3.05) is 51.3 Å². The van der Waals surface area contributed by atoms with Crippen LogP contribution in [-0.4, -0.2) is 71.3 Å². The molecule has 1 aliphatic heterocycles. The Hall–Kier alpha value is -3.69. The van der Waals surface area contributed by atoms with E-state index in [-0.39, 0.29) is 5.91 Å². The molecule has 176 valence electrons. The fraction of sp³-hybridized carbons (Fsp3) is 0.320. The highest BCUT2D eigenvalue weighted by atomic mass is 16.5. The number of amides is 1. The number of carbonyl (C=O) groups is 1. The quantitative estimate of drug-likeness (QED) is 0.396. The van der Waals surface area contributed by atoms with Crippen LogP contribution >= 0.6 is 0 Å². The molecule has 1 saturated heterocycles. The van der Waals surface area contributed by atoms with E-state index in [0.717, 1.165) is 74.2 Å². The maximum atomic E-state index is 12.5. The molecule has 4 heterocycles. The number of aromatic nitrogens is 3. The lowest BCUT2D eigenvalue weighted by molar-refractivity contribution is 0.0383. The molecule has 5 rings (SSSR count). The predicted molar refractivity (Wildman–Crippen MR) is 129 cm³/mol. The molecule has 2 N–H and O–H groups in total. The maximum Gasteiger partial charge on any atom is 0.251 e. The van der Waals surface area contributed by atoms with E-state index in [2.05, 4.69) is 25.6 Å². The van der Waals surface area contributed by atoms with E-state index in [9.17, 15) is 4.79 Å². The first-order valence-electron chi connectivity index (χ1n) is 11.6. The lowest BCUT2D eigenvalue weighted by Gasteiger charge is -2.26. The van der Waals surface area contributed by atoms with Gasteiger partial charge in [-0.25, -0.2) is 4.98 Å². The number of benzene rings is 1. The van der Waals surface area contributed by atoms with Gasteiger partial charge in [0, 0.05) is 56.5 Å². The largest absolute Gasteiger partial charge is 0.469 e. The van der Waals surface area contributed by atoms with E-state index in [1.165, 1.54) is 0 Å². The predicted octanol–water partition coefficient (Wildman–Crippen LogP) is 2.71. The van der Waals surface area contributed by atoms with Gasteiger partial charge in [-0.1, -0.05) is 12.1 Å². The minimum atomic E-state index is -0.0687. The first-order valence-corrected chi connectivity index (χ1v) is 11.6. The summed E-state index contributed by atoms with van der Waals surface area (Å²) >= 11 is 0. The van der Waals surface area contributed by atoms with Crippen molar-refractivity contribution in [3.63, 3.8) is 0 Å². The second kappa shape index (κ2) is 10.5. The van der Waals surface area contributed by atoms with E-state index in [0.29, 0.717) is 12.1 Å². The number of morpholine rings is 1. The van der Waals surface area contributed by atoms with E-state index >= 15 is 0 Å². The molecular formula is C25H28N6O3. The molecule has 1 aliphatic rings. The molecule has 9 nitrogen and oxygen atoms in total. The summed E-state index contributed by atoms with van der Waals surface area (Å²) in [6, 6.07) is 13.3. The number of fused-ring (bicyclic) bond motifs is 1. The topological polar surface area (TPSA) is 96.9 Å². The van der Waals surface area contributed by atoms with Crippen molar-refractivity contribution in [1.29, 1.82) is 0 Å². The second-order valence-electron chi connectivity index (χ2n) is 8.17. The number of rotatable bonds is 9. The lowest BCUT2D eigenvalue weighted by Crippen LogP contribution is -2.41. The van der Waals surface area contributed by atoms with Crippen LogP contribution in [0.5, 0.6) is 0 Å². The minimum absolute atomic E-state index is 0.0687. The Labute approximate surface area is 197 Å². The summed E-state index contributed by atoms with van der Waals surface area (Å²) in [7, 11) is 0. The molecule has 3 aromatic heterocycles. The number of hydrogen-bond donors (Lipinski definition) is 2. The zero-order valence-corrected chi connectivity index (χ0v) is 18.9. The van der Waals surface area contributed by atoms with Crippen molar-refractivity contribution in [3.05, 3.63) is 72.4 Å².